The van der Waals surface area contributed by atoms with E-state index in [1.54, 1.807) is 0 Å². The van der Waals surface area contributed by atoms with E-state index in [0.29, 0.717) is 0 Å². The third-order valence-corrected chi connectivity index (χ3v) is 4.65. The van der Waals surface area contributed by atoms with E-state index in [1.807, 2.05) is 48.5 Å². The first-order chi connectivity index (χ1) is 14.0. The quantitative estimate of drug-likeness (QED) is 0.540. The van der Waals surface area contributed by atoms with E-state index in [4.69, 9.17) is 9.47 Å². The van der Waals surface area contributed by atoms with Crippen molar-refractivity contribution in [2.24, 2.45) is 0 Å². The fourth-order valence-corrected chi connectivity index (χ4v) is 3.35. The van der Waals surface area contributed by atoms with Crippen LogP contribution in [0.4, 0.5) is 4.79 Å². The number of benzene rings is 2. The van der Waals surface area contributed by atoms with Crippen molar-refractivity contribution in [3.63, 3.8) is 0 Å². The van der Waals surface area contributed by atoms with Gasteiger partial charge < -0.3 is 24.7 Å². The van der Waals surface area contributed by atoms with Crippen molar-refractivity contribution >= 4 is 18.0 Å². The minimum absolute atomic E-state index is 0.0283. The Morgan fingerprint density at radius 3 is 2.17 bits per heavy atom. The van der Waals surface area contributed by atoms with Gasteiger partial charge in [0.1, 0.15) is 13.2 Å². The van der Waals surface area contributed by atoms with Crippen molar-refractivity contribution in [3.8, 4) is 11.1 Å². The zero-order valence-electron chi connectivity index (χ0n) is 15.6. The Bertz CT molecular complexity index is 893. The van der Waals surface area contributed by atoms with Crippen LogP contribution in [0.5, 0.6) is 0 Å². The van der Waals surface area contributed by atoms with Gasteiger partial charge in [0.15, 0.2) is 0 Å². The molecule has 0 aliphatic heterocycles. The lowest BCUT2D eigenvalue weighted by atomic mass is 9.98. The van der Waals surface area contributed by atoms with Gasteiger partial charge in [0.25, 0.3) is 0 Å². The molecular weight excluding hydrogens is 374 g/mol. The molecule has 2 aromatic rings. The molecule has 1 atom stereocenters. The minimum Gasteiger partial charge on any atom is -0.548 e. The molecule has 0 bridgehead atoms. The van der Waals surface area contributed by atoms with Gasteiger partial charge in [-0.15, -0.1) is 0 Å². The summed E-state index contributed by atoms with van der Waals surface area (Å²) in [6, 6.07) is 14.1. The first-order valence-electron chi connectivity index (χ1n) is 9.10. The summed E-state index contributed by atoms with van der Waals surface area (Å²) >= 11 is 0. The highest BCUT2D eigenvalue weighted by molar-refractivity contribution is 5.84. The van der Waals surface area contributed by atoms with Gasteiger partial charge in [-0.3, -0.25) is 4.79 Å². The molecule has 0 saturated carbocycles. The molecule has 1 aliphatic rings. The molecule has 7 heteroatoms. The fourth-order valence-electron chi connectivity index (χ4n) is 3.35. The van der Waals surface area contributed by atoms with Crippen LogP contribution in [0.2, 0.25) is 0 Å². The number of nitrogens with one attached hydrogen (secondary N) is 1. The molecule has 1 aliphatic carbocycles. The van der Waals surface area contributed by atoms with Crippen molar-refractivity contribution in [2.75, 3.05) is 13.2 Å². The Balaban J connectivity index is 1.63. The average Bonchev–Trinajstić information content (AvgIpc) is 3.04. The molecule has 1 N–H and O–H groups in total. The van der Waals surface area contributed by atoms with Crippen LogP contribution in [-0.2, 0) is 19.1 Å². The molecule has 1 amide bonds. The third kappa shape index (κ3) is 4.63. The number of aliphatic carboxylic acids is 1. The number of fused-ring (bicyclic) bond motifs is 3. The topological polar surface area (TPSA) is 105 Å². The number of carbonyl (C=O) groups is 3. The van der Waals surface area contributed by atoms with E-state index < -0.39 is 30.5 Å². The summed E-state index contributed by atoms with van der Waals surface area (Å²) in [5.74, 6) is -2.56. The van der Waals surface area contributed by atoms with Crippen LogP contribution in [0.1, 0.15) is 23.5 Å². The molecule has 0 unspecified atom stereocenters. The van der Waals surface area contributed by atoms with E-state index in [9.17, 15) is 19.5 Å². The lowest BCUT2D eigenvalue weighted by molar-refractivity contribution is -0.308. The van der Waals surface area contributed by atoms with Gasteiger partial charge in [-0.2, -0.15) is 0 Å². The van der Waals surface area contributed by atoms with Crippen LogP contribution in [0, 0.1) is 0 Å². The zero-order chi connectivity index (χ0) is 20.8. The van der Waals surface area contributed by atoms with Crippen molar-refractivity contribution in [2.45, 2.75) is 18.4 Å². The van der Waals surface area contributed by atoms with Crippen molar-refractivity contribution in [1.29, 1.82) is 0 Å². The SMILES string of the molecule is C=CCOC(=O)C[C@@H](NC(=O)OCC1c2ccccc2-c2ccccc21)C(=O)[O-]. The Hall–Kier alpha value is -3.61. The first kappa shape index (κ1) is 20.1. The van der Waals surface area contributed by atoms with Crippen LogP contribution < -0.4 is 10.4 Å². The number of carbonyl (C=O) groups excluding carboxylic acids is 3. The monoisotopic (exact) mass is 394 g/mol. The second kappa shape index (κ2) is 9.05. The van der Waals surface area contributed by atoms with E-state index in [1.165, 1.54) is 6.08 Å². The van der Waals surface area contributed by atoms with E-state index >= 15 is 0 Å². The Morgan fingerprint density at radius 1 is 1.03 bits per heavy atom. The van der Waals surface area contributed by atoms with Gasteiger partial charge in [0, 0.05) is 5.92 Å². The molecule has 3 rings (SSSR count). The summed E-state index contributed by atoms with van der Waals surface area (Å²) in [5.41, 5.74) is 4.22. The largest absolute Gasteiger partial charge is 0.548 e. The molecule has 2 aromatic carbocycles. The third-order valence-electron chi connectivity index (χ3n) is 4.65. The number of hydrogen-bond acceptors (Lipinski definition) is 6. The first-order valence-corrected chi connectivity index (χ1v) is 9.10. The Kier molecular flexibility index (Phi) is 6.29. The van der Waals surface area contributed by atoms with Gasteiger partial charge >= 0.3 is 12.1 Å². The number of amides is 1. The highest BCUT2D eigenvalue weighted by atomic mass is 16.6. The molecule has 29 heavy (non-hydrogen) atoms. The van der Waals surface area contributed by atoms with Crippen molar-refractivity contribution in [1.82, 2.24) is 5.32 Å². The van der Waals surface area contributed by atoms with Gasteiger partial charge in [0.2, 0.25) is 0 Å². The summed E-state index contributed by atoms with van der Waals surface area (Å²) in [5, 5.41) is 13.4. The smallest absolute Gasteiger partial charge is 0.407 e. The number of carboxylic acids is 1. The molecule has 0 heterocycles. The predicted molar refractivity (Wildman–Crippen MR) is 103 cm³/mol. The van der Waals surface area contributed by atoms with Crippen LogP contribution in [0.3, 0.4) is 0 Å². The summed E-state index contributed by atoms with van der Waals surface area (Å²) in [6.07, 6.45) is -0.164. The minimum atomic E-state index is -1.60. The van der Waals surface area contributed by atoms with Crippen molar-refractivity contribution in [3.05, 3.63) is 72.3 Å². The summed E-state index contributed by atoms with van der Waals surface area (Å²) < 4.78 is 10.0. The van der Waals surface area contributed by atoms with E-state index in [0.717, 1.165) is 22.3 Å². The molecule has 0 radical (unpaired) electrons. The Labute approximate surface area is 167 Å². The summed E-state index contributed by atoms with van der Waals surface area (Å²) in [6.45, 7) is 3.37. The van der Waals surface area contributed by atoms with Crippen LogP contribution >= 0.6 is 0 Å². The fraction of sp³-hybridized carbons (Fsp3) is 0.227. The lowest BCUT2D eigenvalue weighted by Crippen LogP contribution is -2.49. The second-order valence-corrected chi connectivity index (χ2v) is 6.52. The highest BCUT2D eigenvalue weighted by Crippen LogP contribution is 2.44. The lowest BCUT2D eigenvalue weighted by Gasteiger charge is -2.20. The van der Waals surface area contributed by atoms with Gasteiger partial charge in [0.05, 0.1) is 18.4 Å². The zero-order valence-corrected chi connectivity index (χ0v) is 15.6. The maximum absolute atomic E-state index is 12.1. The van der Waals surface area contributed by atoms with Crippen LogP contribution in [0.15, 0.2) is 61.2 Å². The number of esters is 1. The average molecular weight is 394 g/mol. The number of alkyl carbamates (subject to hydrolysis) is 1. The molecule has 0 saturated heterocycles. The van der Waals surface area contributed by atoms with Gasteiger partial charge in [-0.1, -0.05) is 61.2 Å². The number of carboxylic acid groups (broad SMARTS) is 1. The summed E-state index contributed by atoms with van der Waals surface area (Å²) in [4.78, 5) is 35.0. The molecule has 0 spiro atoms. The van der Waals surface area contributed by atoms with Crippen LogP contribution in [0.25, 0.3) is 11.1 Å². The Morgan fingerprint density at radius 2 is 1.62 bits per heavy atom. The molecule has 0 aromatic heterocycles. The van der Waals surface area contributed by atoms with Crippen LogP contribution in [-0.4, -0.2) is 37.3 Å². The number of ether oxygens (including phenoxy) is 2. The maximum Gasteiger partial charge on any atom is 0.407 e. The highest BCUT2D eigenvalue weighted by Gasteiger charge is 2.29. The molecular formula is C22H20NO6-. The standard InChI is InChI=1S/C22H21NO6/c1-2-11-28-20(24)12-19(21(25)26)23-22(27)29-13-18-16-9-5-3-7-14(16)15-8-4-6-10-17(15)18/h2-10,18-19H,1,11-13H2,(H,23,27)(H,25,26)/p-1/t19-/m1/s1. The second-order valence-electron chi connectivity index (χ2n) is 6.52. The molecule has 150 valence electrons. The van der Waals surface area contributed by atoms with E-state index in [2.05, 4.69) is 11.9 Å². The van der Waals surface area contributed by atoms with E-state index in [-0.39, 0.29) is 19.1 Å². The molecule has 7 nitrogen and oxygen atoms in total. The van der Waals surface area contributed by atoms with Crippen molar-refractivity contribution < 1.29 is 29.0 Å². The number of hydrogen-bond donors (Lipinski definition) is 1. The molecule has 0 fully saturated rings. The predicted octanol–water partition coefficient (Wildman–Crippen LogP) is 1.76. The summed E-state index contributed by atoms with van der Waals surface area (Å²) in [7, 11) is 0. The van der Waals surface area contributed by atoms with Gasteiger partial charge in [-0.05, 0) is 22.3 Å². The number of rotatable bonds is 8. The normalized spacial score (nSPS) is 13.0. The van der Waals surface area contributed by atoms with Gasteiger partial charge in [-0.25, -0.2) is 4.79 Å². The maximum atomic E-state index is 12.1.